The van der Waals surface area contributed by atoms with Gasteiger partial charge in [0, 0.05) is 10.2 Å². The topological polar surface area (TPSA) is 49.3 Å². The summed E-state index contributed by atoms with van der Waals surface area (Å²) in [4.78, 5) is 11.4. The number of fused-ring (bicyclic) bond motifs is 1. The molecule has 0 aliphatic heterocycles. The van der Waals surface area contributed by atoms with Crippen LogP contribution in [0.2, 0.25) is 0 Å². The lowest BCUT2D eigenvalue weighted by molar-refractivity contribution is -0.140. The fourth-order valence-corrected chi connectivity index (χ4v) is 3.11. The van der Waals surface area contributed by atoms with E-state index >= 15 is 0 Å². The lowest BCUT2D eigenvalue weighted by Gasteiger charge is -2.25. The van der Waals surface area contributed by atoms with Crippen LogP contribution in [-0.2, 0) is 11.2 Å². The number of nitrogens with one attached hydrogen (secondary N) is 1. The monoisotopic (exact) mass is 277 g/mol. The van der Waals surface area contributed by atoms with Crippen molar-refractivity contribution in [3.8, 4) is 0 Å². The largest absolute Gasteiger partial charge is 0.480 e. The minimum absolute atomic E-state index is 0.213. The van der Waals surface area contributed by atoms with Crippen molar-refractivity contribution in [1.29, 1.82) is 0 Å². The minimum Gasteiger partial charge on any atom is -0.480 e. The summed E-state index contributed by atoms with van der Waals surface area (Å²) in [7, 11) is 0. The molecule has 1 aromatic carbocycles. The standard InChI is InChI=1S/C15H19NO2S/c1-15(2,3)16-12(14(17)18)8-10-9-19-13-7-5-4-6-11(10)13/h4-7,9,12,16H,8H2,1-3H3,(H,17,18)/t12-/m0/s1. The van der Waals surface area contributed by atoms with Crippen molar-refractivity contribution in [3.05, 3.63) is 35.2 Å². The average molecular weight is 277 g/mol. The molecule has 0 saturated carbocycles. The van der Waals surface area contributed by atoms with E-state index in [-0.39, 0.29) is 5.54 Å². The quantitative estimate of drug-likeness (QED) is 0.901. The molecule has 1 heterocycles. The first-order valence-electron chi connectivity index (χ1n) is 6.32. The molecule has 2 rings (SSSR count). The van der Waals surface area contributed by atoms with Crippen LogP contribution in [0.1, 0.15) is 26.3 Å². The third-order valence-electron chi connectivity index (χ3n) is 2.89. The van der Waals surface area contributed by atoms with Gasteiger partial charge in [0.05, 0.1) is 0 Å². The van der Waals surface area contributed by atoms with E-state index < -0.39 is 12.0 Å². The van der Waals surface area contributed by atoms with E-state index in [9.17, 15) is 9.90 Å². The molecule has 2 N–H and O–H groups in total. The van der Waals surface area contributed by atoms with Gasteiger partial charge in [-0.25, -0.2) is 0 Å². The number of thiophene rings is 1. The molecule has 1 atom stereocenters. The Balaban J connectivity index is 2.24. The highest BCUT2D eigenvalue weighted by molar-refractivity contribution is 7.17. The van der Waals surface area contributed by atoms with Crippen molar-refractivity contribution in [2.75, 3.05) is 0 Å². The zero-order valence-corrected chi connectivity index (χ0v) is 12.3. The molecule has 0 bridgehead atoms. The molecule has 19 heavy (non-hydrogen) atoms. The van der Waals surface area contributed by atoms with Crippen LogP contribution in [0.15, 0.2) is 29.6 Å². The van der Waals surface area contributed by atoms with Crippen molar-refractivity contribution < 1.29 is 9.90 Å². The van der Waals surface area contributed by atoms with Crippen molar-refractivity contribution in [3.63, 3.8) is 0 Å². The van der Waals surface area contributed by atoms with E-state index in [1.54, 1.807) is 11.3 Å². The maximum absolute atomic E-state index is 11.4. The number of carboxylic acids is 1. The van der Waals surface area contributed by atoms with Gasteiger partial charge in [-0.15, -0.1) is 11.3 Å². The number of hydrogen-bond donors (Lipinski definition) is 2. The Morgan fingerprint density at radius 3 is 2.68 bits per heavy atom. The first-order valence-corrected chi connectivity index (χ1v) is 7.20. The van der Waals surface area contributed by atoms with E-state index in [2.05, 4.69) is 22.8 Å². The van der Waals surface area contributed by atoms with Crippen LogP contribution in [0.25, 0.3) is 10.1 Å². The maximum Gasteiger partial charge on any atom is 0.321 e. The molecule has 0 aliphatic rings. The molecule has 0 spiro atoms. The van der Waals surface area contributed by atoms with Gasteiger partial charge < -0.3 is 5.11 Å². The molecular weight excluding hydrogens is 258 g/mol. The Hall–Kier alpha value is -1.39. The van der Waals surface area contributed by atoms with E-state index in [1.165, 1.54) is 4.70 Å². The minimum atomic E-state index is -0.801. The van der Waals surface area contributed by atoms with Crippen LogP contribution >= 0.6 is 11.3 Å². The highest BCUT2D eigenvalue weighted by Crippen LogP contribution is 2.26. The molecule has 2 aromatic rings. The molecule has 1 aromatic heterocycles. The second-order valence-electron chi connectivity index (χ2n) is 5.75. The third-order valence-corrected chi connectivity index (χ3v) is 3.90. The van der Waals surface area contributed by atoms with E-state index in [0.717, 1.165) is 10.9 Å². The van der Waals surface area contributed by atoms with Gasteiger partial charge in [0.1, 0.15) is 6.04 Å². The summed E-state index contributed by atoms with van der Waals surface area (Å²) in [6.45, 7) is 5.94. The zero-order valence-electron chi connectivity index (χ0n) is 11.4. The molecule has 0 amide bonds. The van der Waals surface area contributed by atoms with Gasteiger partial charge in [-0.3, -0.25) is 10.1 Å². The Morgan fingerprint density at radius 1 is 1.37 bits per heavy atom. The van der Waals surface area contributed by atoms with Crippen LogP contribution in [0.5, 0.6) is 0 Å². The number of carboxylic acid groups (broad SMARTS) is 1. The second-order valence-corrected chi connectivity index (χ2v) is 6.66. The third kappa shape index (κ3) is 3.55. The van der Waals surface area contributed by atoms with Crippen molar-refractivity contribution in [2.24, 2.45) is 0 Å². The molecule has 0 fully saturated rings. The van der Waals surface area contributed by atoms with Crippen LogP contribution in [0, 0.1) is 0 Å². The van der Waals surface area contributed by atoms with Crippen molar-refractivity contribution in [2.45, 2.75) is 38.8 Å². The van der Waals surface area contributed by atoms with Crippen LogP contribution in [0.4, 0.5) is 0 Å². The fourth-order valence-electron chi connectivity index (χ4n) is 2.13. The van der Waals surface area contributed by atoms with Crippen molar-refractivity contribution >= 4 is 27.4 Å². The SMILES string of the molecule is CC(C)(C)N[C@@H](Cc1csc2ccccc12)C(=O)O. The predicted molar refractivity (Wildman–Crippen MR) is 79.8 cm³/mol. The normalized spacial score (nSPS) is 13.6. The molecule has 0 aliphatic carbocycles. The van der Waals surface area contributed by atoms with Gasteiger partial charge in [0.25, 0.3) is 0 Å². The Morgan fingerprint density at radius 2 is 2.05 bits per heavy atom. The number of rotatable bonds is 4. The molecule has 0 unspecified atom stereocenters. The van der Waals surface area contributed by atoms with Gasteiger partial charge in [0.2, 0.25) is 0 Å². The first-order chi connectivity index (χ1) is 8.87. The van der Waals surface area contributed by atoms with E-state index in [1.807, 2.05) is 32.9 Å². The van der Waals surface area contributed by atoms with E-state index in [4.69, 9.17) is 0 Å². The lowest BCUT2D eigenvalue weighted by Crippen LogP contribution is -2.48. The summed E-state index contributed by atoms with van der Waals surface area (Å²) in [6, 6.07) is 7.56. The number of benzene rings is 1. The maximum atomic E-state index is 11.4. The summed E-state index contributed by atoms with van der Waals surface area (Å²) in [5.74, 6) is -0.801. The zero-order chi connectivity index (χ0) is 14.0. The van der Waals surface area contributed by atoms with Gasteiger partial charge >= 0.3 is 5.97 Å². The molecule has 102 valence electrons. The number of hydrogen-bond acceptors (Lipinski definition) is 3. The molecule has 0 radical (unpaired) electrons. The summed E-state index contributed by atoms with van der Waals surface area (Å²) < 4.78 is 1.21. The smallest absolute Gasteiger partial charge is 0.321 e. The second kappa shape index (κ2) is 5.31. The van der Waals surface area contributed by atoms with Gasteiger partial charge in [-0.05, 0) is 49.6 Å². The Bertz CT molecular complexity index is 583. The van der Waals surface area contributed by atoms with Crippen LogP contribution < -0.4 is 5.32 Å². The van der Waals surface area contributed by atoms with Crippen LogP contribution in [0.3, 0.4) is 0 Å². The summed E-state index contributed by atoms with van der Waals surface area (Å²) in [5.41, 5.74) is 0.888. The molecular formula is C15H19NO2S. The first kappa shape index (κ1) is 14.0. The molecule has 4 heteroatoms. The highest BCUT2D eigenvalue weighted by atomic mass is 32.1. The molecule has 0 saturated heterocycles. The fraction of sp³-hybridized carbons (Fsp3) is 0.400. The van der Waals surface area contributed by atoms with Crippen LogP contribution in [-0.4, -0.2) is 22.7 Å². The summed E-state index contributed by atoms with van der Waals surface area (Å²) in [5, 5.41) is 15.7. The Labute approximate surface area is 117 Å². The van der Waals surface area contributed by atoms with Crippen molar-refractivity contribution in [1.82, 2.24) is 5.32 Å². The summed E-state index contributed by atoms with van der Waals surface area (Å²) >= 11 is 1.66. The number of aliphatic carboxylic acids is 1. The highest BCUT2D eigenvalue weighted by Gasteiger charge is 2.24. The van der Waals surface area contributed by atoms with Gasteiger partial charge in [-0.1, -0.05) is 18.2 Å². The van der Waals surface area contributed by atoms with Gasteiger partial charge in [0.15, 0.2) is 0 Å². The summed E-state index contributed by atoms with van der Waals surface area (Å²) in [6.07, 6.45) is 0.511. The average Bonchev–Trinajstić information content (AvgIpc) is 2.70. The molecule has 3 nitrogen and oxygen atoms in total. The number of carbonyl (C=O) groups is 1. The van der Waals surface area contributed by atoms with E-state index in [0.29, 0.717) is 6.42 Å². The Kier molecular flexibility index (Phi) is 3.92. The van der Waals surface area contributed by atoms with Gasteiger partial charge in [-0.2, -0.15) is 0 Å². The predicted octanol–water partition coefficient (Wildman–Crippen LogP) is 3.29. The lowest BCUT2D eigenvalue weighted by atomic mass is 10.0.